The maximum absolute atomic E-state index is 13.0. The van der Waals surface area contributed by atoms with Gasteiger partial charge >= 0.3 is 0 Å². The first-order valence-electron chi connectivity index (χ1n) is 7.54. The fourth-order valence-electron chi connectivity index (χ4n) is 2.12. The van der Waals surface area contributed by atoms with Gasteiger partial charge in [0.05, 0.1) is 17.2 Å². The van der Waals surface area contributed by atoms with Gasteiger partial charge in [-0.15, -0.1) is 0 Å². The summed E-state index contributed by atoms with van der Waals surface area (Å²) in [6.45, 7) is 0.378. The van der Waals surface area contributed by atoms with E-state index in [0.717, 1.165) is 7.88 Å². The topological polar surface area (TPSA) is 75.7 Å². The van der Waals surface area contributed by atoms with E-state index in [0.29, 0.717) is 18.8 Å². The summed E-state index contributed by atoms with van der Waals surface area (Å²) >= 11 is 2.14. The number of ether oxygens (including phenoxy) is 1. The Hall–Kier alpha value is -1.65. The van der Waals surface area contributed by atoms with Gasteiger partial charge in [-0.2, -0.15) is 0 Å². The summed E-state index contributed by atoms with van der Waals surface area (Å²) in [6, 6.07) is 15.0. The Labute approximate surface area is 161 Å². The maximum atomic E-state index is 13.0. The summed E-state index contributed by atoms with van der Waals surface area (Å²) in [5, 5.41) is 2.65. The molecule has 2 aromatic rings. The normalized spacial score (nSPS) is 11.1. The van der Waals surface area contributed by atoms with Crippen LogP contribution in [0.1, 0.15) is 0 Å². The fraction of sp³-hybridized carbons (Fsp3) is 0.235. The number of rotatable bonds is 8. The van der Waals surface area contributed by atoms with Gasteiger partial charge in [0.25, 0.3) is 10.0 Å². The summed E-state index contributed by atoms with van der Waals surface area (Å²) < 4.78 is 33.0. The van der Waals surface area contributed by atoms with Gasteiger partial charge in [0, 0.05) is 17.2 Å². The molecule has 6 nitrogen and oxygen atoms in total. The predicted molar refractivity (Wildman–Crippen MR) is 105 cm³/mol. The van der Waals surface area contributed by atoms with Crippen LogP contribution in [0, 0.1) is 3.57 Å². The molecule has 1 amide bonds. The van der Waals surface area contributed by atoms with Crippen molar-refractivity contribution in [1.82, 2.24) is 5.32 Å². The van der Waals surface area contributed by atoms with Gasteiger partial charge in [0.1, 0.15) is 6.54 Å². The van der Waals surface area contributed by atoms with Crippen molar-refractivity contribution in [3.05, 3.63) is 58.2 Å². The lowest BCUT2D eigenvalue weighted by molar-refractivity contribution is -0.119. The molecule has 0 atom stereocenters. The minimum absolute atomic E-state index is 0.137. The Bertz CT molecular complexity index is 795. The lowest BCUT2D eigenvalue weighted by Gasteiger charge is -2.24. The number of nitrogens with zero attached hydrogens (tertiary/aromatic N) is 1. The first-order chi connectivity index (χ1) is 11.9. The third-order valence-electron chi connectivity index (χ3n) is 3.36. The van der Waals surface area contributed by atoms with Gasteiger partial charge in [-0.25, -0.2) is 8.42 Å². The van der Waals surface area contributed by atoms with E-state index < -0.39 is 15.9 Å². The molecule has 0 saturated heterocycles. The number of anilines is 1. The molecule has 0 heterocycles. The molecule has 0 aliphatic heterocycles. The van der Waals surface area contributed by atoms with Crippen LogP contribution >= 0.6 is 22.6 Å². The lowest BCUT2D eigenvalue weighted by Crippen LogP contribution is -2.41. The molecule has 0 aliphatic carbocycles. The van der Waals surface area contributed by atoms with Crippen LogP contribution in [-0.2, 0) is 19.6 Å². The van der Waals surface area contributed by atoms with Crippen molar-refractivity contribution in [2.45, 2.75) is 4.90 Å². The zero-order chi connectivity index (χ0) is 18.3. The third kappa shape index (κ3) is 5.41. The predicted octanol–water partition coefficient (Wildman–Crippen LogP) is 2.25. The summed E-state index contributed by atoms with van der Waals surface area (Å²) in [7, 11) is -2.32. The van der Waals surface area contributed by atoms with Crippen LogP contribution in [0.5, 0.6) is 0 Å². The first-order valence-corrected chi connectivity index (χ1v) is 10.1. The van der Waals surface area contributed by atoms with E-state index in [4.69, 9.17) is 4.74 Å². The van der Waals surface area contributed by atoms with E-state index in [1.807, 2.05) is 0 Å². The molecular formula is C17H19IN2O4S. The molecule has 0 unspecified atom stereocenters. The molecule has 0 aliphatic rings. The smallest absolute Gasteiger partial charge is 0.264 e. The Morgan fingerprint density at radius 2 is 1.76 bits per heavy atom. The van der Waals surface area contributed by atoms with E-state index in [-0.39, 0.29) is 11.4 Å². The number of benzene rings is 2. The monoisotopic (exact) mass is 474 g/mol. The van der Waals surface area contributed by atoms with Crippen molar-refractivity contribution in [2.24, 2.45) is 0 Å². The minimum Gasteiger partial charge on any atom is -0.383 e. The molecule has 25 heavy (non-hydrogen) atoms. The lowest BCUT2D eigenvalue weighted by atomic mass is 10.3. The highest BCUT2D eigenvalue weighted by Gasteiger charge is 2.26. The molecule has 2 rings (SSSR count). The van der Waals surface area contributed by atoms with Crippen LogP contribution in [0.4, 0.5) is 5.69 Å². The molecular weight excluding hydrogens is 455 g/mol. The van der Waals surface area contributed by atoms with E-state index in [1.165, 1.54) is 19.2 Å². The standard InChI is InChI=1S/C17H19IN2O4S/c1-24-12-11-19-17(21)13-20(15-9-7-14(18)8-10-15)25(22,23)16-5-3-2-4-6-16/h2-10H,11-13H2,1H3,(H,19,21). The quantitative estimate of drug-likeness (QED) is 0.471. The second-order valence-corrected chi connectivity index (χ2v) is 8.25. The van der Waals surface area contributed by atoms with Gasteiger partial charge in [0.15, 0.2) is 0 Å². The van der Waals surface area contributed by atoms with Crippen LogP contribution in [0.25, 0.3) is 0 Å². The average Bonchev–Trinajstić information content (AvgIpc) is 2.61. The number of hydrogen-bond acceptors (Lipinski definition) is 4. The Kier molecular flexibility index (Phi) is 7.21. The van der Waals surface area contributed by atoms with Crippen LogP contribution < -0.4 is 9.62 Å². The molecule has 1 N–H and O–H groups in total. The van der Waals surface area contributed by atoms with Gasteiger partial charge < -0.3 is 10.1 Å². The van der Waals surface area contributed by atoms with Gasteiger partial charge in [-0.1, -0.05) is 18.2 Å². The number of nitrogens with one attached hydrogen (secondary N) is 1. The minimum atomic E-state index is -3.85. The number of methoxy groups -OCH3 is 1. The van der Waals surface area contributed by atoms with E-state index in [9.17, 15) is 13.2 Å². The maximum Gasteiger partial charge on any atom is 0.264 e. The van der Waals surface area contributed by atoms with Crippen molar-refractivity contribution < 1.29 is 17.9 Å². The van der Waals surface area contributed by atoms with Gasteiger partial charge in [0.2, 0.25) is 5.91 Å². The van der Waals surface area contributed by atoms with E-state index >= 15 is 0 Å². The highest BCUT2D eigenvalue weighted by molar-refractivity contribution is 14.1. The summed E-state index contributed by atoms with van der Waals surface area (Å²) in [5.74, 6) is -0.393. The van der Waals surface area contributed by atoms with E-state index in [2.05, 4.69) is 27.9 Å². The van der Waals surface area contributed by atoms with Gasteiger partial charge in [-0.3, -0.25) is 9.10 Å². The SMILES string of the molecule is COCCNC(=O)CN(c1ccc(I)cc1)S(=O)(=O)c1ccccc1. The summed E-state index contributed by atoms with van der Waals surface area (Å²) in [6.07, 6.45) is 0. The average molecular weight is 474 g/mol. The number of carbonyl (C=O) groups is 1. The van der Waals surface area contributed by atoms with Crippen molar-refractivity contribution >= 4 is 44.2 Å². The number of carbonyl (C=O) groups excluding carboxylic acids is 1. The zero-order valence-electron chi connectivity index (χ0n) is 13.7. The Morgan fingerprint density at radius 3 is 2.36 bits per heavy atom. The molecule has 0 aromatic heterocycles. The number of sulfonamides is 1. The largest absolute Gasteiger partial charge is 0.383 e. The van der Waals surface area contributed by atoms with Gasteiger partial charge in [-0.05, 0) is 59.0 Å². The summed E-state index contributed by atoms with van der Waals surface area (Å²) in [5.41, 5.74) is 0.436. The number of hydrogen-bond donors (Lipinski definition) is 1. The number of amides is 1. The highest BCUT2D eigenvalue weighted by atomic mass is 127. The van der Waals surface area contributed by atoms with Crippen LogP contribution in [-0.4, -0.2) is 41.1 Å². The van der Waals surface area contributed by atoms with E-state index in [1.54, 1.807) is 42.5 Å². The van der Waals surface area contributed by atoms with Crippen LogP contribution in [0.3, 0.4) is 0 Å². The molecule has 8 heteroatoms. The molecule has 0 saturated carbocycles. The highest BCUT2D eigenvalue weighted by Crippen LogP contribution is 2.24. The second kappa shape index (κ2) is 9.16. The third-order valence-corrected chi connectivity index (χ3v) is 5.87. The second-order valence-electron chi connectivity index (χ2n) is 5.14. The first kappa shape index (κ1) is 19.7. The molecule has 0 spiro atoms. The van der Waals surface area contributed by atoms with Crippen LogP contribution in [0.15, 0.2) is 59.5 Å². The fourth-order valence-corrected chi connectivity index (χ4v) is 3.92. The number of halogens is 1. The summed E-state index contributed by atoms with van der Waals surface area (Å²) in [4.78, 5) is 12.3. The van der Waals surface area contributed by atoms with Crippen molar-refractivity contribution in [2.75, 3.05) is 31.1 Å². The Balaban J connectivity index is 2.32. The Morgan fingerprint density at radius 1 is 1.12 bits per heavy atom. The van der Waals surface area contributed by atoms with Crippen molar-refractivity contribution in [1.29, 1.82) is 0 Å². The van der Waals surface area contributed by atoms with Crippen LogP contribution in [0.2, 0.25) is 0 Å². The van der Waals surface area contributed by atoms with Crippen molar-refractivity contribution in [3.63, 3.8) is 0 Å². The van der Waals surface area contributed by atoms with Crippen molar-refractivity contribution in [3.8, 4) is 0 Å². The molecule has 0 fully saturated rings. The molecule has 2 aromatic carbocycles. The molecule has 0 radical (unpaired) electrons. The molecule has 0 bridgehead atoms. The molecule has 134 valence electrons. The zero-order valence-corrected chi connectivity index (χ0v) is 16.7.